The van der Waals surface area contributed by atoms with Gasteiger partial charge in [0.15, 0.2) is 4.32 Å². The molecule has 8 heteroatoms. The summed E-state index contributed by atoms with van der Waals surface area (Å²) >= 11 is 6.76. The molecule has 6 nitrogen and oxygen atoms in total. The van der Waals surface area contributed by atoms with E-state index < -0.39 is 0 Å². The Kier molecular flexibility index (Phi) is 5.26. The van der Waals surface area contributed by atoms with Gasteiger partial charge < -0.3 is 0 Å². The molecule has 1 aliphatic heterocycles. The number of rotatable bonds is 3. The predicted molar refractivity (Wildman–Crippen MR) is 138 cm³/mol. The molecular formula is C25H20N4O2S2. The lowest BCUT2D eigenvalue weighted by Crippen LogP contribution is -2.30. The van der Waals surface area contributed by atoms with Crippen LogP contribution in [-0.4, -0.2) is 24.6 Å². The van der Waals surface area contributed by atoms with Crippen LogP contribution in [0.2, 0.25) is 0 Å². The van der Waals surface area contributed by atoms with E-state index in [0.717, 1.165) is 22.6 Å². The molecule has 164 valence electrons. The summed E-state index contributed by atoms with van der Waals surface area (Å²) in [7, 11) is 0. The van der Waals surface area contributed by atoms with Crippen molar-refractivity contribution >= 4 is 56.9 Å². The van der Waals surface area contributed by atoms with Crippen LogP contribution in [0.4, 0.5) is 5.69 Å². The van der Waals surface area contributed by atoms with E-state index in [-0.39, 0.29) is 11.5 Å². The lowest BCUT2D eigenvalue weighted by atomic mass is 10.2. The number of thioether (sulfide) groups is 1. The molecule has 5 rings (SSSR count). The summed E-state index contributed by atoms with van der Waals surface area (Å²) in [4.78, 5) is 33.1. The molecule has 0 spiro atoms. The maximum absolute atomic E-state index is 13.3. The molecule has 0 aliphatic carbocycles. The van der Waals surface area contributed by atoms with Gasteiger partial charge in [-0.25, -0.2) is 4.98 Å². The molecule has 0 bridgehead atoms. The Hall–Kier alpha value is -3.49. The number of carbonyl (C=O) groups excluding carboxylic acids is 1. The molecule has 4 aromatic rings. The summed E-state index contributed by atoms with van der Waals surface area (Å²) in [5.41, 5.74) is 3.82. The number of carbonyl (C=O) groups is 1. The monoisotopic (exact) mass is 472 g/mol. The summed E-state index contributed by atoms with van der Waals surface area (Å²) in [5, 5.41) is 0.556. The maximum Gasteiger partial charge on any atom is 0.280 e. The number of thiocarbonyl (C=S) groups is 1. The van der Waals surface area contributed by atoms with E-state index in [9.17, 15) is 9.59 Å². The standard InChI is InChI=1S/C25H20N4O2S2/c1-15-13-18(14-22-24(31)27(25(32)33-22)19-9-5-4-6-10-19)16(2)28(15)29-17(3)26-21-12-8-7-11-20(21)23(29)30/h4-14H,1-3H3. The Balaban J connectivity index is 1.60. The summed E-state index contributed by atoms with van der Waals surface area (Å²) < 4.78 is 3.93. The summed E-state index contributed by atoms with van der Waals surface area (Å²) in [5.74, 6) is 0.434. The lowest BCUT2D eigenvalue weighted by molar-refractivity contribution is -0.113. The zero-order chi connectivity index (χ0) is 23.3. The minimum Gasteiger partial charge on any atom is -0.268 e. The van der Waals surface area contributed by atoms with Crippen molar-refractivity contribution in [3.63, 3.8) is 0 Å². The third-order valence-corrected chi connectivity index (χ3v) is 6.95. The third kappa shape index (κ3) is 3.51. The topological polar surface area (TPSA) is 60.1 Å². The Labute approximate surface area is 200 Å². The largest absolute Gasteiger partial charge is 0.280 e. The number of nitrogens with zero attached hydrogens (tertiary/aromatic N) is 4. The van der Waals surface area contributed by atoms with Gasteiger partial charge >= 0.3 is 0 Å². The fourth-order valence-electron chi connectivity index (χ4n) is 4.11. The van der Waals surface area contributed by atoms with Crippen LogP contribution < -0.4 is 10.5 Å². The lowest BCUT2D eigenvalue weighted by Gasteiger charge is -2.16. The molecule has 0 unspecified atom stereocenters. The van der Waals surface area contributed by atoms with Crippen LogP contribution in [0, 0.1) is 20.8 Å². The fraction of sp³-hybridized carbons (Fsp3) is 0.120. The van der Waals surface area contributed by atoms with Crippen molar-refractivity contribution in [2.24, 2.45) is 0 Å². The summed E-state index contributed by atoms with van der Waals surface area (Å²) in [6.07, 6.45) is 1.84. The number of benzene rings is 2. The molecule has 1 amide bonds. The van der Waals surface area contributed by atoms with Crippen LogP contribution in [0.25, 0.3) is 17.0 Å². The molecule has 0 radical (unpaired) electrons. The second kappa shape index (κ2) is 8.13. The zero-order valence-electron chi connectivity index (χ0n) is 18.3. The minimum absolute atomic E-state index is 0.137. The highest BCUT2D eigenvalue weighted by Crippen LogP contribution is 2.36. The molecule has 0 N–H and O–H groups in total. The first kappa shape index (κ1) is 21.4. The highest BCUT2D eigenvalue weighted by atomic mass is 32.2. The van der Waals surface area contributed by atoms with Crippen molar-refractivity contribution in [1.82, 2.24) is 14.3 Å². The summed E-state index contributed by atoms with van der Waals surface area (Å²) in [6.45, 7) is 5.68. The van der Waals surface area contributed by atoms with Gasteiger partial charge in [-0.2, -0.15) is 4.68 Å². The predicted octanol–water partition coefficient (Wildman–Crippen LogP) is 4.84. The van der Waals surface area contributed by atoms with E-state index in [1.807, 2.05) is 86.1 Å². The number of aromatic nitrogens is 3. The minimum atomic E-state index is -0.151. The molecule has 3 heterocycles. The third-order valence-electron chi connectivity index (χ3n) is 5.64. The molecule has 1 aliphatic rings. The van der Waals surface area contributed by atoms with Gasteiger partial charge in [0.1, 0.15) is 5.82 Å². The van der Waals surface area contributed by atoms with Crippen molar-refractivity contribution in [2.75, 3.05) is 4.90 Å². The van der Waals surface area contributed by atoms with E-state index >= 15 is 0 Å². The number of fused-ring (bicyclic) bond motifs is 1. The molecule has 2 aromatic carbocycles. The van der Waals surface area contributed by atoms with Crippen LogP contribution in [0.1, 0.15) is 22.8 Å². The molecule has 1 fully saturated rings. The first-order valence-electron chi connectivity index (χ1n) is 10.4. The van der Waals surface area contributed by atoms with Gasteiger partial charge in [-0.15, -0.1) is 0 Å². The van der Waals surface area contributed by atoms with Gasteiger partial charge in [0.05, 0.1) is 21.5 Å². The number of anilines is 1. The molecule has 1 saturated heterocycles. The highest BCUT2D eigenvalue weighted by Gasteiger charge is 2.33. The Morgan fingerprint density at radius 3 is 2.39 bits per heavy atom. The molecular weight excluding hydrogens is 452 g/mol. The Morgan fingerprint density at radius 2 is 1.64 bits per heavy atom. The Morgan fingerprint density at radius 1 is 0.939 bits per heavy atom. The second-order valence-corrected chi connectivity index (χ2v) is 9.46. The zero-order valence-corrected chi connectivity index (χ0v) is 19.9. The van der Waals surface area contributed by atoms with E-state index in [0.29, 0.717) is 26.0 Å². The van der Waals surface area contributed by atoms with Crippen molar-refractivity contribution in [2.45, 2.75) is 20.8 Å². The van der Waals surface area contributed by atoms with E-state index in [1.54, 1.807) is 15.6 Å². The fourth-order valence-corrected chi connectivity index (χ4v) is 5.40. The average molecular weight is 473 g/mol. The SMILES string of the molecule is Cc1cc(C=C2SC(=S)N(c3ccccc3)C2=O)c(C)n1-n1c(C)nc2ccccc2c1=O. The van der Waals surface area contributed by atoms with Gasteiger partial charge in [-0.1, -0.05) is 54.3 Å². The van der Waals surface area contributed by atoms with Gasteiger partial charge in [-0.05, 0) is 62.7 Å². The first-order chi connectivity index (χ1) is 15.9. The molecule has 0 saturated carbocycles. The normalized spacial score (nSPS) is 15.2. The second-order valence-electron chi connectivity index (χ2n) is 7.78. The number of hydrogen-bond acceptors (Lipinski definition) is 5. The number of para-hydroxylation sites is 2. The quantitative estimate of drug-likeness (QED) is 0.315. The molecule has 2 aromatic heterocycles. The van der Waals surface area contributed by atoms with E-state index in [4.69, 9.17) is 12.2 Å². The van der Waals surface area contributed by atoms with Crippen molar-refractivity contribution in [3.8, 4) is 0 Å². The van der Waals surface area contributed by atoms with Crippen molar-refractivity contribution in [1.29, 1.82) is 0 Å². The number of aryl methyl sites for hydroxylation is 2. The maximum atomic E-state index is 13.3. The molecule has 0 atom stereocenters. The van der Waals surface area contributed by atoms with E-state index in [1.165, 1.54) is 11.8 Å². The van der Waals surface area contributed by atoms with Gasteiger partial charge in [-0.3, -0.25) is 19.2 Å². The van der Waals surface area contributed by atoms with Gasteiger partial charge in [0.2, 0.25) is 0 Å². The van der Waals surface area contributed by atoms with Crippen LogP contribution in [0.5, 0.6) is 0 Å². The van der Waals surface area contributed by atoms with E-state index in [2.05, 4.69) is 4.98 Å². The average Bonchev–Trinajstić information content (AvgIpc) is 3.23. The number of hydrogen-bond donors (Lipinski definition) is 0. The van der Waals surface area contributed by atoms with Crippen molar-refractivity contribution < 1.29 is 4.79 Å². The summed E-state index contributed by atoms with van der Waals surface area (Å²) in [6, 6.07) is 18.7. The van der Waals surface area contributed by atoms with Crippen LogP contribution in [-0.2, 0) is 4.79 Å². The van der Waals surface area contributed by atoms with Crippen LogP contribution in [0.3, 0.4) is 0 Å². The highest BCUT2D eigenvalue weighted by molar-refractivity contribution is 8.27. The van der Waals surface area contributed by atoms with Crippen LogP contribution in [0.15, 0.2) is 70.4 Å². The first-order valence-corrected chi connectivity index (χ1v) is 11.6. The van der Waals surface area contributed by atoms with Crippen molar-refractivity contribution in [3.05, 3.63) is 98.7 Å². The van der Waals surface area contributed by atoms with Crippen LogP contribution >= 0.6 is 24.0 Å². The smallest absolute Gasteiger partial charge is 0.268 e. The molecule has 33 heavy (non-hydrogen) atoms. The number of amides is 1. The van der Waals surface area contributed by atoms with Gasteiger partial charge in [0.25, 0.3) is 11.5 Å². The Bertz CT molecular complexity index is 1530. The van der Waals surface area contributed by atoms with Gasteiger partial charge in [0, 0.05) is 11.4 Å².